The van der Waals surface area contributed by atoms with Crippen molar-refractivity contribution in [2.24, 2.45) is 0 Å². The molecule has 0 spiro atoms. The van der Waals surface area contributed by atoms with E-state index in [0.29, 0.717) is 16.2 Å². The molecule has 0 aliphatic carbocycles. The lowest BCUT2D eigenvalue weighted by Crippen LogP contribution is -2.44. The van der Waals surface area contributed by atoms with Crippen LogP contribution >= 0.6 is 0 Å². The fourth-order valence-electron chi connectivity index (χ4n) is 2.61. The Morgan fingerprint density at radius 2 is 1.29 bits per heavy atom. The smallest absolute Gasteiger partial charge is 0.442 e. The van der Waals surface area contributed by atoms with Crippen LogP contribution in [0.3, 0.4) is 0 Å². The number of hydrogen-bond donors (Lipinski definition) is 0. The van der Waals surface area contributed by atoms with Crippen molar-refractivity contribution < 1.29 is 33.5 Å². The van der Waals surface area contributed by atoms with E-state index >= 15 is 0 Å². The summed E-state index contributed by atoms with van der Waals surface area (Å²) in [5.41, 5.74) is -0.984. The van der Waals surface area contributed by atoms with Gasteiger partial charge in [-0.05, 0) is 60.1 Å². The van der Waals surface area contributed by atoms with Gasteiger partial charge >= 0.3 is 12.2 Å². The second-order valence-corrected chi connectivity index (χ2v) is 8.75. The summed E-state index contributed by atoms with van der Waals surface area (Å²) in [6, 6.07) is 6.57. The Kier molecular flexibility index (Phi) is 8.34. The number of hydroxylamine groups is 2. The van der Waals surface area contributed by atoms with E-state index in [1.165, 1.54) is 0 Å². The highest BCUT2D eigenvalue weighted by Gasteiger charge is 2.35. The molecule has 31 heavy (non-hydrogen) atoms. The summed E-state index contributed by atoms with van der Waals surface area (Å²) in [6.45, 7) is 9.87. The average molecular weight is 437 g/mol. The number of nitrogens with zero attached hydrogens (tertiary/aromatic N) is 2. The molecule has 0 radical (unpaired) electrons. The van der Waals surface area contributed by atoms with Gasteiger partial charge in [0.1, 0.15) is 11.2 Å². The van der Waals surface area contributed by atoms with Gasteiger partial charge in [-0.1, -0.05) is 24.6 Å². The zero-order valence-electron chi connectivity index (χ0n) is 18.2. The third-order valence-corrected chi connectivity index (χ3v) is 3.74. The van der Waals surface area contributed by atoms with Gasteiger partial charge in [0.2, 0.25) is 0 Å². The molecule has 1 heterocycles. The standard InChI is InChI=1S/C21H28N2O7.CH4/c1-20(2,3)29-18(26)23(19(27)30-21(4,5)6)28-13-9-12-22-16(24)14-10-7-8-11-15(14)17(22)25;/h7-8,10-11H,9,12-13H2,1-6H3;1H4. The van der Waals surface area contributed by atoms with Crippen molar-refractivity contribution in [3.8, 4) is 0 Å². The van der Waals surface area contributed by atoms with Crippen LogP contribution in [0, 0.1) is 0 Å². The highest BCUT2D eigenvalue weighted by Crippen LogP contribution is 2.22. The lowest BCUT2D eigenvalue weighted by Gasteiger charge is -2.27. The molecule has 1 aromatic rings. The van der Waals surface area contributed by atoms with Gasteiger partial charge in [-0.3, -0.25) is 19.3 Å². The highest BCUT2D eigenvalue weighted by atomic mass is 16.8. The van der Waals surface area contributed by atoms with Crippen LogP contribution in [-0.4, -0.2) is 58.3 Å². The average Bonchev–Trinajstić information content (AvgIpc) is 2.83. The van der Waals surface area contributed by atoms with Gasteiger partial charge in [0.05, 0.1) is 17.7 Å². The molecule has 0 fully saturated rings. The van der Waals surface area contributed by atoms with Crippen LogP contribution in [0.4, 0.5) is 9.59 Å². The van der Waals surface area contributed by atoms with Crippen molar-refractivity contribution in [3.05, 3.63) is 35.4 Å². The molecule has 172 valence electrons. The molecule has 1 aromatic carbocycles. The summed E-state index contributed by atoms with van der Waals surface area (Å²) in [7, 11) is 0. The third-order valence-electron chi connectivity index (χ3n) is 3.74. The molecule has 0 saturated heterocycles. The Bertz CT molecular complexity index is 774. The van der Waals surface area contributed by atoms with Crippen LogP contribution in [0.5, 0.6) is 0 Å². The summed E-state index contributed by atoms with van der Waals surface area (Å²) < 4.78 is 10.4. The quantitative estimate of drug-likeness (QED) is 0.383. The van der Waals surface area contributed by atoms with Crippen LogP contribution in [0.15, 0.2) is 24.3 Å². The van der Waals surface area contributed by atoms with Gasteiger partial charge in [-0.25, -0.2) is 9.59 Å². The summed E-state index contributed by atoms with van der Waals surface area (Å²) in [5.74, 6) is -0.765. The number of hydrogen-bond acceptors (Lipinski definition) is 7. The van der Waals surface area contributed by atoms with Gasteiger partial charge in [0.25, 0.3) is 11.8 Å². The molecule has 0 bridgehead atoms. The van der Waals surface area contributed by atoms with Gasteiger partial charge < -0.3 is 9.47 Å². The molecule has 9 heteroatoms. The Morgan fingerprint density at radius 1 is 0.871 bits per heavy atom. The second-order valence-electron chi connectivity index (χ2n) is 8.75. The first-order valence-corrected chi connectivity index (χ1v) is 9.64. The maximum absolute atomic E-state index is 12.4. The predicted molar refractivity (Wildman–Crippen MR) is 113 cm³/mol. The Balaban J connectivity index is 0.00000480. The molecule has 4 amide bonds. The number of ether oxygens (including phenoxy) is 2. The second kappa shape index (κ2) is 9.91. The van der Waals surface area contributed by atoms with Crippen LogP contribution < -0.4 is 0 Å². The number of imide groups is 2. The van der Waals surface area contributed by atoms with Crippen molar-refractivity contribution in [2.75, 3.05) is 13.2 Å². The summed E-state index contributed by atoms with van der Waals surface area (Å²) in [5, 5.41) is 0.416. The van der Waals surface area contributed by atoms with Crippen molar-refractivity contribution in [1.82, 2.24) is 9.96 Å². The zero-order chi connectivity index (χ0) is 22.7. The Labute approximate surface area is 183 Å². The zero-order valence-corrected chi connectivity index (χ0v) is 18.2. The maximum Gasteiger partial charge on any atom is 0.444 e. The highest BCUT2D eigenvalue weighted by molar-refractivity contribution is 6.21. The number of amides is 4. The van der Waals surface area contributed by atoms with Crippen molar-refractivity contribution >= 4 is 24.0 Å². The molecule has 0 unspecified atom stereocenters. The van der Waals surface area contributed by atoms with E-state index in [1.54, 1.807) is 65.8 Å². The fourth-order valence-corrected chi connectivity index (χ4v) is 2.61. The first kappa shape index (κ1) is 26.1. The number of benzene rings is 1. The molecular weight excluding hydrogens is 404 g/mol. The third kappa shape index (κ3) is 7.06. The molecule has 2 rings (SSSR count). The number of carbonyl (C=O) groups excluding carboxylic acids is 4. The molecule has 0 saturated carbocycles. The van der Waals surface area contributed by atoms with E-state index in [2.05, 4.69) is 0 Å². The van der Waals surface area contributed by atoms with E-state index in [1.807, 2.05) is 0 Å². The van der Waals surface area contributed by atoms with Crippen LogP contribution in [-0.2, 0) is 14.3 Å². The SMILES string of the molecule is C.CC(C)(C)OC(=O)N(OCCCN1C(=O)c2ccccc2C1=O)C(=O)OC(C)(C)C. The van der Waals surface area contributed by atoms with Crippen molar-refractivity contribution in [3.63, 3.8) is 0 Å². The van der Waals surface area contributed by atoms with Gasteiger partial charge in [-0.15, -0.1) is 0 Å². The molecule has 1 aliphatic heterocycles. The molecule has 0 N–H and O–H groups in total. The topological polar surface area (TPSA) is 102 Å². The maximum atomic E-state index is 12.4. The first-order chi connectivity index (χ1) is 13.8. The summed E-state index contributed by atoms with van der Waals surface area (Å²) in [6.07, 6.45) is -1.83. The number of rotatable bonds is 5. The van der Waals surface area contributed by atoms with Crippen molar-refractivity contribution in [1.29, 1.82) is 0 Å². The van der Waals surface area contributed by atoms with E-state index in [4.69, 9.17) is 14.3 Å². The molecule has 0 aromatic heterocycles. The predicted octanol–water partition coefficient (Wildman–Crippen LogP) is 4.41. The molecular formula is C22H32N2O7. The largest absolute Gasteiger partial charge is 0.444 e. The van der Waals surface area contributed by atoms with Gasteiger partial charge in [0, 0.05) is 6.54 Å². The Hall–Kier alpha value is -2.94. The number of carbonyl (C=O) groups is 4. The monoisotopic (exact) mass is 436 g/mol. The van der Waals surface area contributed by atoms with Crippen LogP contribution in [0.25, 0.3) is 0 Å². The van der Waals surface area contributed by atoms with E-state index < -0.39 is 23.4 Å². The summed E-state index contributed by atoms with van der Waals surface area (Å²) >= 11 is 0. The lowest BCUT2D eigenvalue weighted by molar-refractivity contribution is -0.139. The minimum atomic E-state index is -1.02. The molecule has 9 nitrogen and oxygen atoms in total. The van der Waals surface area contributed by atoms with Crippen LogP contribution in [0.2, 0.25) is 0 Å². The minimum absolute atomic E-state index is 0. The molecule has 0 atom stereocenters. The minimum Gasteiger partial charge on any atom is -0.442 e. The summed E-state index contributed by atoms with van der Waals surface area (Å²) in [4.78, 5) is 55.8. The number of fused-ring (bicyclic) bond motifs is 1. The van der Waals surface area contributed by atoms with Gasteiger partial charge in [-0.2, -0.15) is 0 Å². The van der Waals surface area contributed by atoms with E-state index in [9.17, 15) is 19.2 Å². The van der Waals surface area contributed by atoms with E-state index in [-0.39, 0.29) is 38.8 Å². The van der Waals surface area contributed by atoms with E-state index in [0.717, 1.165) is 4.90 Å². The molecule has 1 aliphatic rings. The van der Waals surface area contributed by atoms with Crippen molar-refractivity contribution in [2.45, 2.75) is 66.6 Å². The first-order valence-electron chi connectivity index (χ1n) is 9.64. The fraction of sp³-hybridized carbons (Fsp3) is 0.545. The normalized spacial score (nSPS) is 13.4. The van der Waals surface area contributed by atoms with Crippen LogP contribution in [0.1, 0.15) is 76.1 Å². The Morgan fingerprint density at radius 3 is 1.68 bits per heavy atom. The lowest BCUT2D eigenvalue weighted by atomic mass is 10.1. The van der Waals surface area contributed by atoms with Gasteiger partial charge in [0.15, 0.2) is 0 Å².